The fourth-order valence-corrected chi connectivity index (χ4v) is 3.88. The molecule has 0 bridgehead atoms. The van der Waals surface area contributed by atoms with Crippen LogP contribution in [0.5, 0.6) is 5.75 Å². The van der Waals surface area contributed by atoms with Crippen LogP contribution < -0.4 is 10.1 Å². The van der Waals surface area contributed by atoms with Gasteiger partial charge in [0.2, 0.25) is 0 Å². The summed E-state index contributed by atoms with van der Waals surface area (Å²) < 4.78 is 18.8. The fraction of sp³-hybridized carbons (Fsp3) is 0.304. The normalized spacial score (nSPS) is 16.7. The minimum absolute atomic E-state index is 0.0339. The van der Waals surface area contributed by atoms with Gasteiger partial charge in [0.1, 0.15) is 11.6 Å². The molecule has 5 nitrogen and oxygen atoms in total. The Morgan fingerprint density at radius 2 is 2.00 bits per heavy atom. The molecule has 0 unspecified atom stereocenters. The lowest BCUT2D eigenvalue weighted by atomic mass is 10.0. The fourth-order valence-electron chi connectivity index (χ4n) is 3.88. The van der Waals surface area contributed by atoms with E-state index in [9.17, 15) is 9.18 Å². The average molecular weight is 393 g/mol. The van der Waals surface area contributed by atoms with E-state index in [2.05, 4.69) is 10.3 Å². The first kappa shape index (κ1) is 19.2. The van der Waals surface area contributed by atoms with Crippen LogP contribution in [0.15, 0.2) is 48.5 Å². The van der Waals surface area contributed by atoms with E-state index in [1.165, 1.54) is 12.1 Å². The number of likely N-dealkylation sites (tertiary alicyclic amines) is 1. The summed E-state index contributed by atoms with van der Waals surface area (Å²) in [5.41, 5.74) is 2.80. The SMILES string of the molecule is COc1ccc(N[C@@H]2CCCN(C(=O)c3cc(C)nc4cc(F)ccc34)C2)cc1. The van der Waals surface area contributed by atoms with Gasteiger partial charge in [-0.1, -0.05) is 0 Å². The summed E-state index contributed by atoms with van der Waals surface area (Å²) in [6.07, 6.45) is 1.92. The van der Waals surface area contributed by atoms with Gasteiger partial charge in [-0.2, -0.15) is 0 Å². The van der Waals surface area contributed by atoms with Crippen LogP contribution in [0.4, 0.5) is 10.1 Å². The molecule has 1 atom stereocenters. The molecule has 1 aliphatic heterocycles. The van der Waals surface area contributed by atoms with Crippen LogP contribution in [0.1, 0.15) is 28.9 Å². The lowest BCUT2D eigenvalue weighted by molar-refractivity contribution is 0.0716. The number of carbonyl (C=O) groups excluding carboxylic acids is 1. The highest BCUT2D eigenvalue weighted by molar-refractivity contribution is 6.06. The molecule has 0 saturated carbocycles. The summed E-state index contributed by atoms with van der Waals surface area (Å²) in [6.45, 7) is 3.16. The van der Waals surface area contributed by atoms with Gasteiger partial charge in [0.25, 0.3) is 5.91 Å². The Bertz CT molecular complexity index is 1030. The summed E-state index contributed by atoms with van der Waals surface area (Å²) in [4.78, 5) is 19.5. The van der Waals surface area contributed by atoms with E-state index >= 15 is 0 Å². The number of nitrogens with zero attached hydrogens (tertiary/aromatic N) is 2. The Kier molecular flexibility index (Phi) is 5.34. The number of aryl methyl sites for hydroxylation is 1. The molecule has 29 heavy (non-hydrogen) atoms. The molecule has 3 aromatic rings. The van der Waals surface area contributed by atoms with Crippen LogP contribution in [-0.4, -0.2) is 42.0 Å². The van der Waals surface area contributed by atoms with Crippen molar-refractivity contribution in [2.45, 2.75) is 25.8 Å². The Morgan fingerprint density at radius 1 is 1.21 bits per heavy atom. The third-order valence-electron chi connectivity index (χ3n) is 5.30. The zero-order valence-electron chi connectivity index (χ0n) is 16.6. The van der Waals surface area contributed by atoms with Crippen LogP contribution in [0.3, 0.4) is 0 Å². The molecule has 2 aromatic carbocycles. The predicted octanol–water partition coefficient (Wildman–Crippen LogP) is 4.41. The number of fused-ring (bicyclic) bond motifs is 1. The minimum Gasteiger partial charge on any atom is -0.497 e. The molecule has 1 N–H and O–H groups in total. The molecular formula is C23H24FN3O2. The Hall–Kier alpha value is -3.15. The highest BCUT2D eigenvalue weighted by atomic mass is 19.1. The van der Waals surface area contributed by atoms with Gasteiger partial charge in [-0.05, 0) is 62.2 Å². The lowest BCUT2D eigenvalue weighted by Gasteiger charge is -2.34. The molecule has 6 heteroatoms. The first-order valence-electron chi connectivity index (χ1n) is 9.80. The number of hydrogen-bond donors (Lipinski definition) is 1. The molecule has 1 fully saturated rings. The maximum absolute atomic E-state index is 13.6. The monoisotopic (exact) mass is 393 g/mol. The van der Waals surface area contributed by atoms with Gasteiger partial charge in [-0.25, -0.2) is 4.39 Å². The van der Waals surface area contributed by atoms with Crippen LogP contribution in [0.2, 0.25) is 0 Å². The Morgan fingerprint density at radius 3 is 2.76 bits per heavy atom. The highest BCUT2D eigenvalue weighted by Crippen LogP contribution is 2.24. The molecule has 150 valence electrons. The average Bonchev–Trinajstić information content (AvgIpc) is 2.73. The Balaban J connectivity index is 1.53. The third kappa shape index (κ3) is 4.16. The van der Waals surface area contributed by atoms with E-state index < -0.39 is 0 Å². The number of carbonyl (C=O) groups is 1. The number of methoxy groups -OCH3 is 1. The maximum Gasteiger partial charge on any atom is 0.254 e. The zero-order chi connectivity index (χ0) is 20.4. The summed E-state index contributed by atoms with van der Waals surface area (Å²) in [6, 6.07) is 14.2. The van der Waals surface area contributed by atoms with Crippen molar-refractivity contribution in [3.8, 4) is 5.75 Å². The van der Waals surface area contributed by atoms with E-state index in [0.717, 1.165) is 24.3 Å². The molecule has 0 aliphatic carbocycles. The number of hydrogen-bond acceptors (Lipinski definition) is 4. The van der Waals surface area contributed by atoms with Gasteiger partial charge >= 0.3 is 0 Å². The number of amides is 1. The van der Waals surface area contributed by atoms with E-state index in [1.54, 1.807) is 19.2 Å². The van der Waals surface area contributed by atoms with Crippen molar-refractivity contribution in [2.75, 3.05) is 25.5 Å². The topological polar surface area (TPSA) is 54.5 Å². The van der Waals surface area contributed by atoms with E-state index in [1.807, 2.05) is 36.1 Å². The highest BCUT2D eigenvalue weighted by Gasteiger charge is 2.26. The molecular weight excluding hydrogens is 369 g/mol. The number of benzene rings is 2. The number of nitrogens with one attached hydrogen (secondary N) is 1. The summed E-state index contributed by atoms with van der Waals surface area (Å²) in [5.74, 6) is 0.427. The largest absolute Gasteiger partial charge is 0.497 e. The number of anilines is 1. The van der Waals surface area contributed by atoms with Crippen molar-refractivity contribution in [3.63, 3.8) is 0 Å². The van der Waals surface area contributed by atoms with Crippen molar-refractivity contribution in [3.05, 3.63) is 65.6 Å². The molecule has 1 aliphatic rings. The van der Waals surface area contributed by atoms with Crippen molar-refractivity contribution >= 4 is 22.5 Å². The second-order valence-electron chi connectivity index (χ2n) is 7.44. The number of pyridine rings is 1. The minimum atomic E-state index is -0.351. The third-order valence-corrected chi connectivity index (χ3v) is 5.30. The number of rotatable bonds is 4. The quantitative estimate of drug-likeness (QED) is 0.714. The molecule has 0 spiro atoms. The van der Waals surface area contributed by atoms with Crippen LogP contribution in [0.25, 0.3) is 10.9 Å². The zero-order valence-corrected chi connectivity index (χ0v) is 16.6. The summed E-state index contributed by atoms with van der Waals surface area (Å²) in [5, 5.41) is 4.20. The van der Waals surface area contributed by atoms with Crippen molar-refractivity contribution in [1.29, 1.82) is 0 Å². The van der Waals surface area contributed by atoms with Crippen molar-refractivity contribution < 1.29 is 13.9 Å². The van der Waals surface area contributed by atoms with Gasteiger partial charge in [0.15, 0.2) is 0 Å². The second kappa shape index (κ2) is 8.07. The Labute approximate surface area is 169 Å². The molecule has 1 saturated heterocycles. The standard InChI is InChI=1S/C23H24FN3O2/c1-15-12-21(20-10-5-16(24)13-22(20)25-15)23(28)27-11-3-4-18(14-27)26-17-6-8-19(29-2)9-7-17/h5-10,12-13,18,26H,3-4,11,14H2,1-2H3/t18-/m1/s1. The maximum atomic E-state index is 13.6. The first-order valence-corrected chi connectivity index (χ1v) is 9.80. The van der Waals surface area contributed by atoms with E-state index in [4.69, 9.17) is 4.74 Å². The number of halogens is 1. The number of aromatic nitrogens is 1. The lowest BCUT2D eigenvalue weighted by Crippen LogP contribution is -2.45. The van der Waals surface area contributed by atoms with Gasteiger partial charge in [0.05, 0.1) is 18.2 Å². The molecule has 2 heterocycles. The van der Waals surface area contributed by atoms with Gasteiger partial charge in [0, 0.05) is 42.0 Å². The number of piperidine rings is 1. The number of ether oxygens (including phenoxy) is 1. The summed E-state index contributed by atoms with van der Waals surface area (Å²) >= 11 is 0. The van der Waals surface area contributed by atoms with Crippen LogP contribution >= 0.6 is 0 Å². The van der Waals surface area contributed by atoms with Crippen LogP contribution in [0, 0.1) is 12.7 Å². The summed E-state index contributed by atoms with van der Waals surface area (Å²) in [7, 11) is 1.64. The van der Waals surface area contributed by atoms with Gasteiger partial charge in [-0.15, -0.1) is 0 Å². The molecule has 4 rings (SSSR count). The van der Waals surface area contributed by atoms with Crippen molar-refractivity contribution in [1.82, 2.24) is 9.88 Å². The molecule has 1 aromatic heterocycles. The second-order valence-corrected chi connectivity index (χ2v) is 7.44. The smallest absolute Gasteiger partial charge is 0.254 e. The van der Waals surface area contributed by atoms with E-state index in [-0.39, 0.29) is 17.8 Å². The van der Waals surface area contributed by atoms with Crippen molar-refractivity contribution in [2.24, 2.45) is 0 Å². The first-order chi connectivity index (χ1) is 14.0. The molecule has 1 amide bonds. The van der Waals surface area contributed by atoms with Gasteiger partial charge in [-0.3, -0.25) is 9.78 Å². The van der Waals surface area contributed by atoms with Gasteiger partial charge < -0.3 is 15.0 Å². The molecule has 0 radical (unpaired) electrons. The van der Waals surface area contributed by atoms with Crippen LogP contribution in [-0.2, 0) is 0 Å². The predicted molar refractivity (Wildman–Crippen MR) is 112 cm³/mol. The van der Waals surface area contributed by atoms with E-state index in [0.29, 0.717) is 35.2 Å².